The fourth-order valence-corrected chi connectivity index (χ4v) is 3.64. The molecule has 1 atom stereocenters. The Morgan fingerprint density at radius 3 is 2.66 bits per heavy atom. The Kier molecular flexibility index (Phi) is 5.07. The van der Waals surface area contributed by atoms with E-state index in [0.717, 1.165) is 22.4 Å². The van der Waals surface area contributed by atoms with Gasteiger partial charge in [0.25, 0.3) is 0 Å². The van der Waals surface area contributed by atoms with E-state index in [9.17, 15) is 4.79 Å². The van der Waals surface area contributed by atoms with Gasteiger partial charge < -0.3 is 9.73 Å². The highest BCUT2D eigenvalue weighted by atomic mass is 35.5. The SMILES string of the molecule is Cc1cc([C@@H](C)Nc2cccnc2Cl)c2oc(-c3cccnc3)c(C)c(=O)c2c1. The molecule has 0 aliphatic carbocycles. The third-order valence-corrected chi connectivity index (χ3v) is 5.21. The molecule has 0 saturated heterocycles. The van der Waals surface area contributed by atoms with Crippen molar-refractivity contribution >= 4 is 28.3 Å². The summed E-state index contributed by atoms with van der Waals surface area (Å²) in [6.45, 7) is 5.75. The number of pyridine rings is 2. The van der Waals surface area contributed by atoms with Crippen molar-refractivity contribution in [3.05, 3.63) is 87.1 Å². The number of halogens is 1. The summed E-state index contributed by atoms with van der Waals surface area (Å²) < 4.78 is 6.31. The van der Waals surface area contributed by atoms with Gasteiger partial charge in [-0.1, -0.05) is 17.7 Å². The topological polar surface area (TPSA) is 68.0 Å². The Labute approximate surface area is 173 Å². The molecule has 0 amide bonds. The van der Waals surface area contributed by atoms with E-state index in [-0.39, 0.29) is 11.5 Å². The number of fused-ring (bicyclic) bond motifs is 1. The lowest BCUT2D eigenvalue weighted by Crippen LogP contribution is -2.12. The number of aryl methyl sites for hydroxylation is 1. The van der Waals surface area contributed by atoms with Crippen molar-refractivity contribution in [3.8, 4) is 11.3 Å². The number of hydrogen-bond acceptors (Lipinski definition) is 5. The zero-order chi connectivity index (χ0) is 20.5. The summed E-state index contributed by atoms with van der Waals surface area (Å²) >= 11 is 6.20. The first-order valence-corrected chi connectivity index (χ1v) is 9.69. The maximum Gasteiger partial charge on any atom is 0.196 e. The van der Waals surface area contributed by atoms with Crippen molar-refractivity contribution < 1.29 is 4.42 Å². The molecule has 0 fully saturated rings. The molecule has 0 bridgehead atoms. The number of aromatic nitrogens is 2. The smallest absolute Gasteiger partial charge is 0.196 e. The quantitative estimate of drug-likeness (QED) is 0.441. The molecule has 6 heteroatoms. The van der Waals surface area contributed by atoms with E-state index in [1.807, 2.05) is 50.2 Å². The zero-order valence-electron chi connectivity index (χ0n) is 16.4. The Hall–Kier alpha value is -3.18. The zero-order valence-corrected chi connectivity index (χ0v) is 17.1. The van der Waals surface area contributed by atoms with E-state index in [4.69, 9.17) is 16.0 Å². The van der Waals surface area contributed by atoms with Gasteiger partial charge in [0.2, 0.25) is 0 Å². The van der Waals surface area contributed by atoms with Gasteiger partial charge in [0, 0.05) is 35.3 Å². The molecule has 4 rings (SSSR count). The average Bonchev–Trinajstić information content (AvgIpc) is 2.72. The minimum Gasteiger partial charge on any atom is -0.455 e. The monoisotopic (exact) mass is 405 g/mol. The Morgan fingerprint density at radius 1 is 1.14 bits per heavy atom. The van der Waals surface area contributed by atoms with E-state index >= 15 is 0 Å². The molecule has 3 heterocycles. The molecule has 0 aliphatic rings. The first-order chi connectivity index (χ1) is 14.0. The summed E-state index contributed by atoms with van der Waals surface area (Å²) in [7, 11) is 0. The second-order valence-electron chi connectivity index (χ2n) is 7.07. The van der Waals surface area contributed by atoms with Crippen LogP contribution in [-0.4, -0.2) is 9.97 Å². The minimum absolute atomic E-state index is 0.0401. The molecule has 1 N–H and O–H groups in total. The Morgan fingerprint density at radius 2 is 1.93 bits per heavy atom. The van der Waals surface area contributed by atoms with Crippen molar-refractivity contribution in [2.75, 3.05) is 5.32 Å². The summed E-state index contributed by atoms with van der Waals surface area (Å²) in [6, 6.07) is 11.1. The average molecular weight is 406 g/mol. The van der Waals surface area contributed by atoms with Crippen LogP contribution >= 0.6 is 11.6 Å². The van der Waals surface area contributed by atoms with Crippen LogP contribution in [-0.2, 0) is 0 Å². The van der Waals surface area contributed by atoms with Gasteiger partial charge in [-0.3, -0.25) is 9.78 Å². The lowest BCUT2D eigenvalue weighted by molar-refractivity contribution is 0.605. The first-order valence-electron chi connectivity index (χ1n) is 9.31. The van der Waals surface area contributed by atoms with Crippen LogP contribution in [0, 0.1) is 13.8 Å². The summed E-state index contributed by atoms with van der Waals surface area (Å²) in [6.07, 6.45) is 5.03. The van der Waals surface area contributed by atoms with Crippen LogP contribution in [0.1, 0.15) is 29.7 Å². The van der Waals surface area contributed by atoms with Crippen molar-refractivity contribution in [3.63, 3.8) is 0 Å². The van der Waals surface area contributed by atoms with Crippen LogP contribution in [0.4, 0.5) is 5.69 Å². The van der Waals surface area contributed by atoms with Crippen LogP contribution in [0.5, 0.6) is 0 Å². The summed E-state index contributed by atoms with van der Waals surface area (Å²) in [4.78, 5) is 21.4. The van der Waals surface area contributed by atoms with Crippen molar-refractivity contribution in [2.24, 2.45) is 0 Å². The Bertz CT molecular complexity index is 1250. The van der Waals surface area contributed by atoms with E-state index < -0.39 is 0 Å². The fourth-order valence-electron chi connectivity index (χ4n) is 3.47. The second kappa shape index (κ2) is 7.68. The molecular weight excluding hydrogens is 386 g/mol. The standard InChI is InChI=1S/C23H20ClN3O2/c1-13-10-17(15(3)27-19-7-5-9-26-23(19)24)22-18(11-13)20(28)14(2)21(29-22)16-6-4-8-25-12-16/h4-12,15,27H,1-3H3/t15-/m1/s1. The minimum atomic E-state index is -0.160. The van der Waals surface area contributed by atoms with Crippen molar-refractivity contribution in [1.29, 1.82) is 0 Å². The molecule has 0 radical (unpaired) electrons. The van der Waals surface area contributed by atoms with E-state index in [1.165, 1.54) is 0 Å². The van der Waals surface area contributed by atoms with Gasteiger partial charge in [-0.15, -0.1) is 0 Å². The molecule has 0 spiro atoms. The summed E-state index contributed by atoms with van der Waals surface area (Å²) in [5, 5.41) is 4.33. The molecule has 0 saturated carbocycles. The van der Waals surface area contributed by atoms with E-state index in [2.05, 4.69) is 15.3 Å². The molecule has 146 valence electrons. The van der Waals surface area contributed by atoms with Crippen LogP contribution in [0.25, 0.3) is 22.3 Å². The van der Waals surface area contributed by atoms with Crippen molar-refractivity contribution in [2.45, 2.75) is 26.8 Å². The highest BCUT2D eigenvalue weighted by Gasteiger charge is 2.19. The predicted molar refractivity (Wildman–Crippen MR) is 116 cm³/mol. The molecule has 0 unspecified atom stereocenters. The first kappa shape index (κ1) is 19.2. The highest BCUT2D eigenvalue weighted by Crippen LogP contribution is 2.32. The second-order valence-corrected chi connectivity index (χ2v) is 7.42. The Balaban J connectivity index is 1.91. The molecular formula is C23H20ClN3O2. The predicted octanol–water partition coefficient (Wildman–Crippen LogP) is 5.69. The highest BCUT2D eigenvalue weighted by molar-refractivity contribution is 6.31. The lowest BCUT2D eigenvalue weighted by atomic mass is 9.99. The van der Waals surface area contributed by atoms with Crippen LogP contribution in [0.2, 0.25) is 5.15 Å². The molecule has 5 nitrogen and oxygen atoms in total. The molecule has 4 aromatic rings. The summed E-state index contributed by atoms with van der Waals surface area (Å²) in [5.41, 5.74) is 4.44. The third kappa shape index (κ3) is 3.61. The summed E-state index contributed by atoms with van der Waals surface area (Å²) in [5.74, 6) is 0.535. The molecule has 1 aromatic carbocycles. The van der Waals surface area contributed by atoms with Gasteiger partial charge >= 0.3 is 0 Å². The number of hydrogen-bond donors (Lipinski definition) is 1. The van der Waals surface area contributed by atoms with Gasteiger partial charge in [-0.25, -0.2) is 4.98 Å². The number of benzene rings is 1. The van der Waals surface area contributed by atoms with Crippen molar-refractivity contribution in [1.82, 2.24) is 9.97 Å². The maximum atomic E-state index is 13.1. The molecule has 3 aromatic heterocycles. The number of rotatable bonds is 4. The molecule has 0 aliphatic heterocycles. The van der Waals surface area contributed by atoms with Gasteiger partial charge in [0.1, 0.15) is 11.3 Å². The van der Waals surface area contributed by atoms with Crippen LogP contribution in [0.3, 0.4) is 0 Å². The lowest BCUT2D eigenvalue weighted by Gasteiger charge is -2.19. The fraction of sp³-hybridized carbons (Fsp3) is 0.174. The van der Waals surface area contributed by atoms with Gasteiger partial charge in [-0.2, -0.15) is 0 Å². The number of nitrogens with zero attached hydrogens (tertiary/aromatic N) is 2. The molecule has 29 heavy (non-hydrogen) atoms. The normalized spacial score (nSPS) is 12.1. The number of nitrogens with one attached hydrogen (secondary N) is 1. The number of anilines is 1. The van der Waals surface area contributed by atoms with Gasteiger partial charge in [-0.05, 0) is 56.7 Å². The van der Waals surface area contributed by atoms with Crippen LogP contribution in [0.15, 0.2) is 64.2 Å². The largest absolute Gasteiger partial charge is 0.455 e. The van der Waals surface area contributed by atoms with Gasteiger partial charge in [0.15, 0.2) is 10.6 Å². The van der Waals surface area contributed by atoms with E-state index in [0.29, 0.717) is 27.4 Å². The third-order valence-electron chi connectivity index (χ3n) is 4.91. The van der Waals surface area contributed by atoms with Crippen LogP contribution < -0.4 is 10.7 Å². The van der Waals surface area contributed by atoms with E-state index in [1.54, 1.807) is 25.5 Å². The van der Waals surface area contributed by atoms with Gasteiger partial charge in [0.05, 0.1) is 17.1 Å². The maximum absolute atomic E-state index is 13.1.